The van der Waals surface area contributed by atoms with Crippen LogP contribution >= 0.6 is 0 Å². The van der Waals surface area contributed by atoms with Gasteiger partial charge in [0, 0.05) is 32.5 Å². The van der Waals surface area contributed by atoms with Crippen molar-refractivity contribution in [2.45, 2.75) is 19.4 Å². The van der Waals surface area contributed by atoms with Crippen LogP contribution in [-0.4, -0.2) is 25.1 Å². The third kappa shape index (κ3) is 4.86. The van der Waals surface area contributed by atoms with Crippen molar-refractivity contribution in [3.8, 4) is 17.9 Å². The minimum atomic E-state index is 0.488. The van der Waals surface area contributed by atoms with E-state index in [1.54, 1.807) is 7.11 Å². The fourth-order valence-corrected chi connectivity index (χ4v) is 1.68. The van der Waals surface area contributed by atoms with Gasteiger partial charge in [0.15, 0.2) is 0 Å². The molecule has 0 spiro atoms. The molecule has 1 rings (SSSR count). The topological polar surface area (TPSA) is 60.0 Å². The molecule has 0 aromatic heterocycles. The van der Waals surface area contributed by atoms with Crippen LogP contribution in [-0.2, 0) is 6.54 Å². The summed E-state index contributed by atoms with van der Waals surface area (Å²) in [6.07, 6.45) is 0.975. The van der Waals surface area contributed by atoms with E-state index < -0.39 is 0 Å². The van der Waals surface area contributed by atoms with E-state index in [2.05, 4.69) is 17.0 Å². The molecule has 0 fully saturated rings. The van der Waals surface area contributed by atoms with Gasteiger partial charge in [0.05, 0.1) is 19.2 Å². The maximum Gasteiger partial charge on any atom is 0.118 e. The number of benzene rings is 1. The van der Waals surface area contributed by atoms with Crippen LogP contribution < -0.4 is 4.74 Å². The summed E-state index contributed by atoms with van der Waals surface area (Å²) < 4.78 is 5.10. The fraction of sp³-hybridized carbons (Fsp3) is 0.429. The van der Waals surface area contributed by atoms with Gasteiger partial charge in [-0.25, -0.2) is 0 Å². The quantitative estimate of drug-likeness (QED) is 0.737. The number of nitriles is 2. The zero-order chi connectivity index (χ0) is 13.2. The number of hydrogen-bond acceptors (Lipinski definition) is 4. The van der Waals surface area contributed by atoms with Crippen LogP contribution in [0, 0.1) is 22.7 Å². The number of ether oxygens (including phenoxy) is 1. The Labute approximate surface area is 108 Å². The van der Waals surface area contributed by atoms with E-state index in [9.17, 15) is 0 Å². The molecule has 1 aromatic carbocycles. The minimum Gasteiger partial charge on any atom is -0.497 e. The lowest BCUT2D eigenvalue weighted by atomic mass is 10.2. The van der Waals surface area contributed by atoms with Gasteiger partial charge in [-0.05, 0) is 17.7 Å². The summed E-state index contributed by atoms with van der Waals surface area (Å²) >= 11 is 0. The molecule has 18 heavy (non-hydrogen) atoms. The van der Waals surface area contributed by atoms with Crippen LogP contribution in [0.2, 0.25) is 0 Å². The van der Waals surface area contributed by atoms with Crippen molar-refractivity contribution in [1.82, 2.24) is 4.90 Å². The lowest BCUT2D eigenvalue weighted by Crippen LogP contribution is -2.25. The molecule has 0 amide bonds. The van der Waals surface area contributed by atoms with Crippen molar-refractivity contribution in [3.05, 3.63) is 29.8 Å². The molecule has 0 aliphatic carbocycles. The summed E-state index contributed by atoms with van der Waals surface area (Å²) in [5.74, 6) is 0.833. The normalized spacial score (nSPS) is 9.78. The van der Waals surface area contributed by atoms with E-state index >= 15 is 0 Å². The maximum absolute atomic E-state index is 8.62. The lowest BCUT2D eigenvalue weighted by Gasteiger charge is -2.19. The first-order valence-electron chi connectivity index (χ1n) is 5.89. The molecule has 0 aliphatic heterocycles. The van der Waals surface area contributed by atoms with Gasteiger partial charge in [-0.1, -0.05) is 12.1 Å². The Bertz CT molecular complexity index is 410. The van der Waals surface area contributed by atoms with E-state index in [0.717, 1.165) is 17.9 Å². The SMILES string of the molecule is COc1ccc(CN(CCC#N)CCC#N)cc1. The molecule has 94 valence electrons. The standard InChI is InChI=1S/C14H17N3O/c1-18-14-6-4-13(5-7-14)12-17(10-2-8-15)11-3-9-16/h4-7H,2-3,10-12H2,1H3. The summed E-state index contributed by atoms with van der Waals surface area (Å²) in [7, 11) is 1.64. The highest BCUT2D eigenvalue weighted by Gasteiger charge is 2.05. The third-order valence-electron chi connectivity index (χ3n) is 2.64. The van der Waals surface area contributed by atoms with Crippen LogP contribution in [0.25, 0.3) is 0 Å². The minimum absolute atomic E-state index is 0.488. The Morgan fingerprint density at radius 3 is 2.06 bits per heavy atom. The summed E-state index contributed by atoms with van der Waals surface area (Å²) in [5, 5.41) is 17.2. The Morgan fingerprint density at radius 2 is 1.61 bits per heavy atom. The van der Waals surface area contributed by atoms with Crippen molar-refractivity contribution in [1.29, 1.82) is 10.5 Å². The second kappa shape index (κ2) is 8.11. The van der Waals surface area contributed by atoms with Crippen LogP contribution in [0.1, 0.15) is 18.4 Å². The molecule has 1 aromatic rings. The van der Waals surface area contributed by atoms with E-state index in [-0.39, 0.29) is 0 Å². The van der Waals surface area contributed by atoms with E-state index in [1.807, 2.05) is 24.3 Å². The Kier molecular flexibility index (Phi) is 6.32. The summed E-state index contributed by atoms with van der Waals surface area (Å²) in [6.45, 7) is 2.15. The van der Waals surface area contributed by atoms with Gasteiger partial charge >= 0.3 is 0 Å². The van der Waals surface area contributed by atoms with Gasteiger partial charge in [0.25, 0.3) is 0 Å². The first-order valence-corrected chi connectivity index (χ1v) is 5.89. The van der Waals surface area contributed by atoms with Gasteiger partial charge in [-0.3, -0.25) is 4.90 Å². The number of methoxy groups -OCH3 is 1. The van der Waals surface area contributed by atoms with Crippen LogP contribution in [0.3, 0.4) is 0 Å². The predicted octanol–water partition coefficient (Wildman–Crippen LogP) is 2.32. The van der Waals surface area contributed by atoms with Gasteiger partial charge in [0.2, 0.25) is 0 Å². The number of rotatable bonds is 7. The summed E-state index contributed by atoms with van der Waals surface area (Å²) in [5.41, 5.74) is 1.16. The summed E-state index contributed by atoms with van der Waals surface area (Å²) in [6, 6.07) is 12.1. The number of nitrogens with zero attached hydrogens (tertiary/aromatic N) is 3. The molecule has 0 bridgehead atoms. The zero-order valence-electron chi connectivity index (χ0n) is 10.6. The zero-order valence-corrected chi connectivity index (χ0v) is 10.6. The van der Waals surface area contributed by atoms with Crippen LogP contribution in [0.15, 0.2) is 24.3 Å². The molecule has 4 nitrogen and oxygen atoms in total. The first kappa shape index (κ1) is 14.0. The molecular formula is C14H17N3O. The Balaban J connectivity index is 2.57. The van der Waals surface area contributed by atoms with Gasteiger partial charge in [0.1, 0.15) is 5.75 Å². The van der Waals surface area contributed by atoms with Crippen molar-refractivity contribution in [2.24, 2.45) is 0 Å². The van der Waals surface area contributed by atoms with Crippen molar-refractivity contribution < 1.29 is 4.74 Å². The molecule has 0 radical (unpaired) electrons. The molecule has 0 N–H and O–H groups in total. The highest BCUT2D eigenvalue weighted by Crippen LogP contribution is 2.13. The molecule has 0 atom stereocenters. The van der Waals surface area contributed by atoms with Crippen LogP contribution in [0.4, 0.5) is 0 Å². The third-order valence-corrected chi connectivity index (χ3v) is 2.64. The largest absolute Gasteiger partial charge is 0.497 e. The van der Waals surface area contributed by atoms with E-state index in [4.69, 9.17) is 15.3 Å². The van der Waals surface area contributed by atoms with Crippen LogP contribution in [0.5, 0.6) is 5.75 Å². The van der Waals surface area contributed by atoms with Crippen molar-refractivity contribution in [3.63, 3.8) is 0 Å². The smallest absolute Gasteiger partial charge is 0.118 e. The first-order chi connectivity index (χ1) is 8.80. The monoisotopic (exact) mass is 243 g/mol. The Morgan fingerprint density at radius 1 is 1.06 bits per heavy atom. The van der Waals surface area contributed by atoms with Crippen molar-refractivity contribution >= 4 is 0 Å². The number of hydrogen-bond donors (Lipinski definition) is 0. The highest BCUT2D eigenvalue weighted by atomic mass is 16.5. The van der Waals surface area contributed by atoms with E-state index in [1.165, 1.54) is 0 Å². The van der Waals surface area contributed by atoms with E-state index in [0.29, 0.717) is 25.9 Å². The molecule has 4 heteroatoms. The molecule has 0 heterocycles. The summed E-state index contributed by atoms with van der Waals surface area (Å²) in [4.78, 5) is 2.12. The van der Waals surface area contributed by atoms with Gasteiger partial charge < -0.3 is 4.74 Å². The molecule has 0 saturated heterocycles. The molecule has 0 unspecified atom stereocenters. The fourth-order valence-electron chi connectivity index (χ4n) is 1.68. The molecular weight excluding hydrogens is 226 g/mol. The molecule has 0 aliphatic rings. The highest BCUT2D eigenvalue weighted by molar-refractivity contribution is 5.27. The average Bonchev–Trinajstić information content (AvgIpc) is 2.42. The lowest BCUT2D eigenvalue weighted by molar-refractivity contribution is 0.278. The van der Waals surface area contributed by atoms with Gasteiger partial charge in [-0.2, -0.15) is 10.5 Å². The second-order valence-corrected chi connectivity index (χ2v) is 3.94. The van der Waals surface area contributed by atoms with Gasteiger partial charge in [-0.15, -0.1) is 0 Å². The predicted molar refractivity (Wildman–Crippen MR) is 68.7 cm³/mol. The molecule has 0 saturated carbocycles. The average molecular weight is 243 g/mol. The Hall–Kier alpha value is -2.04. The van der Waals surface area contributed by atoms with Crippen molar-refractivity contribution in [2.75, 3.05) is 20.2 Å². The maximum atomic E-state index is 8.62. The second-order valence-electron chi connectivity index (χ2n) is 3.94.